The zero-order chi connectivity index (χ0) is 15.3. The van der Waals surface area contributed by atoms with E-state index in [4.69, 9.17) is 4.74 Å². The molecular weight excluding hydrogens is 260 g/mol. The van der Waals surface area contributed by atoms with Gasteiger partial charge in [0.2, 0.25) is 0 Å². The summed E-state index contributed by atoms with van der Waals surface area (Å²) in [4.78, 5) is 4.43. The van der Waals surface area contributed by atoms with Crippen LogP contribution in [0.5, 0.6) is 0 Å². The molecule has 1 aromatic carbocycles. The van der Waals surface area contributed by atoms with Gasteiger partial charge in [-0.15, -0.1) is 0 Å². The van der Waals surface area contributed by atoms with Crippen LogP contribution in [0.15, 0.2) is 36.5 Å². The summed E-state index contributed by atoms with van der Waals surface area (Å²) in [6, 6.07) is 10.7. The number of pyridine rings is 1. The fourth-order valence-corrected chi connectivity index (χ4v) is 2.43. The zero-order valence-corrected chi connectivity index (χ0v) is 13.5. The number of benzene rings is 1. The molecule has 3 heteroatoms. The van der Waals surface area contributed by atoms with Crippen molar-refractivity contribution in [2.24, 2.45) is 0 Å². The first-order valence-electron chi connectivity index (χ1n) is 7.69. The number of hydrogen-bond acceptors (Lipinski definition) is 3. The van der Waals surface area contributed by atoms with Crippen molar-refractivity contribution in [1.82, 2.24) is 10.3 Å². The van der Waals surface area contributed by atoms with E-state index in [0.29, 0.717) is 12.6 Å². The van der Waals surface area contributed by atoms with Gasteiger partial charge >= 0.3 is 0 Å². The van der Waals surface area contributed by atoms with Gasteiger partial charge in [-0.2, -0.15) is 0 Å². The average Bonchev–Trinajstić information content (AvgIpc) is 2.44. The zero-order valence-electron chi connectivity index (χ0n) is 13.5. The van der Waals surface area contributed by atoms with E-state index < -0.39 is 0 Å². The highest BCUT2D eigenvalue weighted by Crippen LogP contribution is 2.18. The number of hydrogen-bond donors (Lipinski definition) is 1. The summed E-state index contributed by atoms with van der Waals surface area (Å²) in [7, 11) is 0. The standard InChI is InChI=1S/C18H26N2O/c1-5-19-15(13-21-18(2,3)4)12-14-10-11-20-17-9-7-6-8-16(14)17/h6-11,15,19H,5,12-13H2,1-4H3. The minimum atomic E-state index is -0.103. The van der Waals surface area contributed by atoms with Gasteiger partial charge in [0.1, 0.15) is 0 Å². The molecular formula is C18H26N2O. The first kappa shape index (κ1) is 15.9. The van der Waals surface area contributed by atoms with Gasteiger partial charge in [0.05, 0.1) is 17.7 Å². The molecule has 0 aliphatic heterocycles. The summed E-state index contributed by atoms with van der Waals surface area (Å²) in [5.41, 5.74) is 2.28. The van der Waals surface area contributed by atoms with Crippen LogP contribution in [0.2, 0.25) is 0 Å². The summed E-state index contributed by atoms with van der Waals surface area (Å²) in [5, 5.41) is 4.76. The van der Waals surface area contributed by atoms with Gasteiger partial charge in [0.15, 0.2) is 0 Å². The number of nitrogens with zero attached hydrogens (tertiary/aromatic N) is 1. The fraction of sp³-hybridized carbons (Fsp3) is 0.500. The molecule has 0 saturated carbocycles. The molecule has 0 aliphatic rings. The number of para-hydroxylation sites is 1. The van der Waals surface area contributed by atoms with Gasteiger partial charge < -0.3 is 10.1 Å². The highest BCUT2D eigenvalue weighted by Gasteiger charge is 2.16. The second kappa shape index (κ2) is 7.01. The van der Waals surface area contributed by atoms with E-state index in [2.05, 4.69) is 62.3 Å². The molecule has 1 unspecified atom stereocenters. The van der Waals surface area contributed by atoms with Crippen molar-refractivity contribution in [3.8, 4) is 0 Å². The Bertz CT molecular complexity index is 569. The van der Waals surface area contributed by atoms with Gasteiger partial charge in [-0.25, -0.2) is 0 Å². The van der Waals surface area contributed by atoms with Crippen LogP contribution in [0, 0.1) is 0 Å². The van der Waals surface area contributed by atoms with Gasteiger partial charge in [0.25, 0.3) is 0 Å². The van der Waals surface area contributed by atoms with Crippen LogP contribution in [0.3, 0.4) is 0 Å². The lowest BCUT2D eigenvalue weighted by atomic mass is 10.0. The largest absolute Gasteiger partial charge is 0.374 e. The first-order valence-corrected chi connectivity index (χ1v) is 7.69. The maximum absolute atomic E-state index is 5.95. The maximum atomic E-state index is 5.95. The Balaban J connectivity index is 2.15. The van der Waals surface area contributed by atoms with Crippen LogP contribution in [-0.4, -0.2) is 29.8 Å². The van der Waals surface area contributed by atoms with Crippen molar-refractivity contribution in [1.29, 1.82) is 0 Å². The van der Waals surface area contributed by atoms with E-state index in [1.54, 1.807) is 0 Å². The van der Waals surface area contributed by atoms with Gasteiger partial charge in [0, 0.05) is 17.6 Å². The number of fused-ring (bicyclic) bond motifs is 1. The van der Waals surface area contributed by atoms with Crippen molar-refractivity contribution in [3.63, 3.8) is 0 Å². The third-order valence-electron chi connectivity index (χ3n) is 3.42. The predicted octanol–water partition coefficient (Wildman–Crippen LogP) is 3.57. The lowest BCUT2D eigenvalue weighted by Gasteiger charge is -2.25. The molecule has 0 aliphatic carbocycles. The molecule has 114 valence electrons. The molecule has 0 radical (unpaired) electrons. The summed E-state index contributed by atoms with van der Waals surface area (Å²) >= 11 is 0. The van der Waals surface area contributed by atoms with Crippen LogP contribution >= 0.6 is 0 Å². The highest BCUT2D eigenvalue weighted by atomic mass is 16.5. The molecule has 1 heterocycles. The normalized spacial score (nSPS) is 13.5. The molecule has 1 atom stereocenters. The quantitative estimate of drug-likeness (QED) is 0.881. The maximum Gasteiger partial charge on any atom is 0.0704 e. The van der Waals surface area contributed by atoms with E-state index in [0.717, 1.165) is 18.5 Å². The molecule has 1 aromatic heterocycles. The van der Waals surface area contributed by atoms with Crippen molar-refractivity contribution < 1.29 is 4.74 Å². The Hall–Kier alpha value is -1.45. The van der Waals surface area contributed by atoms with E-state index in [1.165, 1.54) is 10.9 Å². The number of likely N-dealkylation sites (N-methyl/N-ethyl adjacent to an activating group) is 1. The van der Waals surface area contributed by atoms with Crippen molar-refractivity contribution in [2.75, 3.05) is 13.2 Å². The van der Waals surface area contributed by atoms with E-state index in [9.17, 15) is 0 Å². The van der Waals surface area contributed by atoms with Crippen molar-refractivity contribution in [2.45, 2.75) is 45.8 Å². The van der Waals surface area contributed by atoms with Gasteiger partial charge in [-0.05, 0) is 51.4 Å². The molecule has 0 fully saturated rings. The predicted molar refractivity (Wildman–Crippen MR) is 88.6 cm³/mol. The van der Waals surface area contributed by atoms with E-state index in [1.807, 2.05) is 12.3 Å². The number of aromatic nitrogens is 1. The lowest BCUT2D eigenvalue weighted by Crippen LogP contribution is -2.38. The summed E-state index contributed by atoms with van der Waals surface area (Å²) in [6.07, 6.45) is 2.85. The average molecular weight is 286 g/mol. The topological polar surface area (TPSA) is 34.1 Å². The Kier molecular flexibility index (Phi) is 5.32. The fourth-order valence-electron chi connectivity index (χ4n) is 2.43. The SMILES string of the molecule is CCNC(COC(C)(C)C)Cc1ccnc2ccccc12. The second-order valence-corrected chi connectivity index (χ2v) is 6.37. The van der Waals surface area contributed by atoms with E-state index >= 15 is 0 Å². The van der Waals surface area contributed by atoms with Crippen LogP contribution in [-0.2, 0) is 11.2 Å². The van der Waals surface area contributed by atoms with Crippen molar-refractivity contribution >= 4 is 10.9 Å². The van der Waals surface area contributed by atoms with Gasteiger partial charge in [-0.1, -0.05) is 25.1 Å². The van der Waals surface area contributed by atoms with Gasteiger partial charge in [-0.3, -0.25) is 4.98 Å². The van der Waals surface area contributed by atoms with E-state index in [-0.39, 0.29) is 5.60 Å². The second-order valence-electron chi connectivity index (χ2n) is 6.37. The molecule has 0 bridgehead atoms. The number of nitrogens with one attached hydrogen (secondary N) is 1. The Morgan fingerprint density at radius 2 is 1.95 bits per heavy atom. The highest BCUT2D eigenvalue weighted by molar-refractivity contribution is 5.81. The minimum Gasteiger partial charge on any atom is -0.374 e. The summed E-state index contributed by atoms with van der Waals surface area (Å²) in [6.45, 7) is 10.1. The number of ether oxygens (including phenoxy) is 1. The summed E-state index contributed by atoms with van der Waals surface area (Å²) < 4.78 is 5.95. The first-order chi connectivity index (χ1) is 9.99. The van der Waals surface area contributed by atoms with Crippen LogP contribution in [0.1, 0.15) is 33.3 Å². The van der Waals surface area contributed by atoms with Crippen LogP contribution < -0.4 is 5.32 Å². The summed E-state index contributed by atoms with van der Waals surface area (Å²) in [5.74, 6) is 0. The molecule has 3 nitrogen and oxygen atoms in total. The van der Waals surface area contributed by atoms with Crippen LogP contribution in [0.25, 0.3) is 10.9 Å². The molecule has 1 N–H and O–H groups in total. The Morgan fingerprint density at radius 3 is 2.67 bits per heavy atom. The molecule has 0 amide bonds. The molecule has 0 saturated heterocycles. The number of rotatable bonds is 6. The molecule has 2 rings (SSSR count). The molecule has 0 spiro atoms. The third kappa shape index (κ3) is 4.80. The Morgan fingerprint density at radius 1 is 1.19 bits per heavy atom. The molecule has 21 heavy (non-hydrogen) atoms. The minimum absolute atomic E-state index is 0.103. The molecule has 2 aromatic rings. The third-order valence-corrected chi connectivity index (χ3v) is 3.42. The van der Waals surface area contributed by atoms with Crippen molar-refractivity contribution in [3.05, 3.63) is 42.1 Å². The monoisotopic (exact) mass is 286 g/mol. The smallest absolute Gasteiger partial charge is 0.0704 e. The lowest BCUT2D eigenvalue weighted by molar-refractivity contribution is -0.0141. The Labute approximate surface area is 127 Å². The van der Waals surface area contributed by atoms with Crippen LogP contribution in [0.4, 0.5) is 0 Å².